The van der Waals surface area contributed by atoms with Crippen LogP contribution in [-0.2, 0) is 5.41 Å². The maximum atomic E-state index is 5.06. The van der Waals surface area contributed by atoms with E-state index in [9.17, 15) is 0 Å². The predicted octanol–water partition coefficient (Wildman–Crippen LogP) is 11.3. The van der Waals surface area contributed by atoms with E-state index in [2.05, 4.69) is 111 Å². The average molecular weight is 732 g/mol. The second-order valence-electron chi connectivity index (χ2n) is 13.9. The summed E-state index contributed by atoms with van der Waals surface area (Å²) >= 11 is 0.148. The summed E-state index contributed by atoms with van der Waals surface area (Å²) in [4.78, 5) is 20.0. The fourth-order valence-electron chi connectivity index (χ4n) is 7.60. The van der Waals surface area contributed by atoms with Gasteiger partial charge in [-0.15, -0.1) is 0 Å². The molecule has 9 aromatic rings. The monoisotopic (exact) mass is 732 g/mol. The van der Waals surface area contributed by atoms with Gasteiger partial charge in [-0.3, -0.25) is 0 Å². The summed E-state index contributed by atoms with van der Waals surface area (Å²) in [7, 11) is 0. The van der Waals surface area contributed by atoms with E-state index in [1.165, 1.54) is 58.5 Å². The second-order valence-corrected chi connectivity index (χ2v) is 16.0. The van der Waals surface area contributed by atoms with Gasteiger partial charge in [0.25, 0.3) is 0 Å². The van der Waals surface area contributed by atoms with Crippen LogP contribution in [0, 0.1) is 0 Å². The zero-order valence-corrected chi connectivity index (χ0v) is 30.4. The van der Waals surface area contributed by atoms with Crippen LogP contribution >= 0.6 is 0 Å². The molecule has 0 saturated heterocycles. The van der Waals surface area contributed by atoms with Gasteiger partial charge in [0, 0.05) is 11.1 Å². The number of rotatable bonds is 5. The summed E-state index contributed by atoms with van der Waals surface area (Å²) in [6.45, 7) is 4.65. The summed E-state index contributed by atoms with van der Waals surface area (Å²) in [5.74, 6) is 2.01. The van der Waals surface area contributed by atoms with E-state index in [0.29, 0.717) is 17.5 Å². The van der Waals surface area contributed by atoms with Crippen molar-refractivity contribution in [3.8, 4) is 66.5 Å². The molecule has 0 radical (unpaired) electrons. The van der Waals surface area contributed by atoms with E-state index in [0.717, 1.165) is 22.2 Å². The summed E-state index contributed by atoms with van der Waals surface area (Å²) in [5.41, 5.74) is 12.7. The van der Waals surface area contributed by atoms with Gasteiger partial charge in [-0.05, 0) is 0 Å². The Morgan fingerprint density at radius 3 is 1.65 bits per heavy atom. The zero-order valence-electron chi connectivity index (χ0n) is 28.7. The molecule has 52 heavy (non-hydrogen) atoms. The van der Waals surface area contributed by atoms with Gasteiger partial charge in [0.1, 0.15) is 0 Å². The van der Waals surface area contributed by atoms with E-state index in [-0.39, 0.29) is 19.9 Å². The first-order valence-corrected chi connectivity index (χ1v) is 19.3. The van der Waals surface area contributed by atoms with Crippen molar-refractivity contribution in [2.75, 3.05) is 0 Å². The van der Waals surface area contributed by atoms with E-state index in [1.54, 1.807) is 0 Å². The van der Waals surface area contributed by atoms with E-state index in [4.69, 9.17) is 19.9 Å². The third-order valence-corrected chi connectivity index (χ3v) is 12.8. The van der Waals surface area contributed by atoms with E-state index in [1.807, 2.05) is 60.7 Å². The molecule has 0 fully saturated rings. The molecule has 0 aliphatic heterocycles. The van der Waals surface area contributed by atoms with Crippen LogP contribution < -0.4 is 0 Å². The van der Waals surface area contributed by atoms with Crippen LogP contribution in [0.1, 0.15) is 25.0 Å². The van der Waals surface area contributed by atoms with Gasteiger partial charge in [0.05, 0.1) is 0 Å². The molecule has 1 aliphatic carbocycles. The van der Waals surface area contributed by atoms with Crippen LogP contribution in [0.4, 0.5) is 0 Å². The van der Waals surface area contributed by atoms with Crippen molar-refractivity contribution in [3.63, 3.8) is 0 Å². The van der Waals surface area contributed by atoms with Gasteiger partial charge >= 0.3 is 211 Å². The SMILES string of the molecule is CC1(C)c2ccc(-c3ccc4ccc5nc(-c6ccccc6)[se]c5c4c3)cc2-c2ccc(-c3nc(-c4ccccc4)nc(-c4ccccc4)n3)cc21. The van der Waals surface area contributed by atoms with E-state index < -0.39 is 0 Å². The predicted molar refractivity (Wildman–Crippen MR) is 214 cm³/mol. The molecular weight excluding hydrogens is 700 g/mol. The summed E-state index contributed by atoms with van der Waals surface area (Å²) < 4.78 is 2.57. The van der Waals surface area contributed by atoms with E-state index >= 15 is 0 Å². The van der Waals surface area contributed by atoms with Crippen molar-refractivity contribution < 1.29 is 0 Å². The standard InChI is InChI=1S/C47H32N4Se/c1-47(2)39-24-21-34(33-19-18-29-22-25-41-42(37(29)26-33)52-46(48-41)32-16-10-5-11-17-32)27-38(39)36-23-20-35(28-40(36)47)45-50-43(30-12-6-3-7-13-30)49-44(51-45)31-14-8-4-9-15-31/h3-28H,1-2H3. The Balaban J connectivity index is 1.06. The average Bonchev–Trinajstić information content (AvgIpc) is 3.75. The first kappa shape index (κ1) is 30.8. The normalized spacial score (nSPS) is 13.0. The second kappa shape index (κ2) is 12.1. The molecule has 2 heterocycles. The minimum atomic E-state index is -0.186. The topological polar surface area (TPSA) is 51.6 Å². The van der Waals surface area contributed by atoms with Gasteiger partial charge < -0.3 is 0 Å². The number of benzene rings is 7. The summed E-state index contributed by atoms with van der Waals surface area (Å²) in [6.07, 6.45) is 0. The number of hydrogen-bond donors (Lipinski definition) is 0. The Hall–Kier alpha value is -6.00. The Morgan fingerprint density at radius 2 is 0.981 bits per heavy atom. The van der Waals surface area contributed by atoms with Crippen molar-refractivity contribution >= 4 is 35.1 Å². The number of hydrogen-bond acceptors (Lipinski definition) is 4. The van der Waals surface area contributed by atoms with Crippen LogP contribution in [0.3, 0.4) is 0 Å². The molecule has 246 valence electrons. The summed E-state index contributed by atoms with van der Waals surface area (Å²) in [5, 5.41) is 2.57. The Kier molecular flexibility index (Phi) is 7.14. The van der Waals surface area contributed by atoms with Crippen molar-refractivity contribution in [1.29, 1.82) is 0 Å². The molecule has 0 atom stereocenters. The van der Waals surface area contributed by atoms with Gasteiger partial charge in [0.2, 0.25) is 0 Å². The molecule has 0 saturated carbocycles. The third kappa shape index (κ3) is 5.12. The molecule has 0 unspecified atom stereocenters. The van der Waals surface area contributed by atoms with Crippen molar-refractivity contribution in [2.24, 2.45) is 0 Å². The Bertz CT molecular complexity index is 2750. The van der Waals surface area contributed by atoms with Gasteiger partial charge in [0.15, 0.2) is 11.6 Å². The minimum absolute atomic E-state index is 0.148. The molecule has 0 bridgehead atoms. The number of fused-ring (bicyclic) bond motifs is 6. The Morgan fingerprint density at radius 1 is 0.423 bits per heavy atom. The van der Waals surface area contributed by atoms with Crippen LogP contribution in [0.5, 0.6) is 0 Å². The van der Waals surface area contributed by atoms with Crippen molar-refractivity contribution in [2.45, 2.75) is 19.3 Å². The fourth-order valence-corrected chi connectivity index (χ4v) is 9.90. The zero-order chi connectivity index (χ0) is 34.8. The van der Waals surface area contributed by atoms with Gasteiger partial charge in [-0.2, -0.15) is 0 Å². The molecule has 4 nitrogen and oxygen atoms in total. The molecule has 7 aromatic carbocycles. The maximum absolute atomic E-state index is 5.06. The Labute approximate surface area is 308 Å². The molecule has 0 amide bonds. The molecule has 1 aliphatic rings. The van der Waals surface area contributed by atoms with Crippen molar-refractivity contribution in [1.82, 2.24) is 19.9 Å². The number of nitrogens with zero attached hydrogens (tertiary/aromatic N) is 4. The van der Waals surface area contributed by atoms with Crippen LogP contribution in [0.2, 0.25) is 0 Å². The molecule has 5 heteroatoms. The van der Waals surface area contributed by atoms with Crippen LogP contribution in [0.15, 0.2) is 158 Å². The van der Waals surface area contributed by atoms with Crippen LogP contribution in [0.25, 0.3) is 87.1 Å². The van der Waals surface area contributed by atoms with Crippen molar-refractivity contribution in [3.05, 3.63) is 169 Å². The number of aromatic nitrogens is 4. The summed E-state index contributed by atoms with van der Waals surface area (Å²) in [6, 6.07) is 55.9. The first-order chi connectivity index (χ1) is 25.5. The molecule has 0 spiro atoms. The third-order valence-electron chi connectivity index (χ3n) is 10.4. The van der Waals surface area contributed by atoms with Crippen LogP contribution in [-0.4, -0.2) is 34.4 Å². The van der Waals surface area contributed by atoms with Gasteiger partial charge in [-0.25, -0.2) is 15.0 Å². The quantitative estimate of drug-likeness (QED) is 0.165. The first-order valence-electron chi connectivity index (χ1n) is 17.6. The molecule has 2 aromatic heterocycles. The molecular formula is C47H32N4Se. The molecule has 10 rings (SSSR count). The van der Waals surface area contributed by atoms with Gasteiger partial charge in [-0.1, -0.05) is 60.7 Å². The molecule has 0 N–H and O–H groups in total. The fraction of sp³-hybridized carbons (Fsp3) is 0.0638.